The number of hydrogen-bond acceptors (Lipinski definition) is 0. The standard InChI is InChI=1S/C13H24.C2H6/c1-5-8-9-13(7-3)11-10-12(4)6-2;1-2/h10-11H,5-9H2,1-4H3;1-2H3/b12-10-,13-11+;. The number of rotatable bonds is 6. The third kappa shape index (κ3) is 11.4. The van der Waals surface area contributed by atoms with Crippen LogP contribution in [0.1, 0.15) is 73.6 Å². The van der Waals surface area contributed by atoms with E-state index in [1.165, 1.54) is 37.7 Å². The van der Waals surface area contributed by atoms with Crippen LogP contribution in [0, 0.1) is 0 Å². The third-order valence-corrected chi connectivity index (χ3v) is 2.47. The first-order valence-electron chi connectivity index (χ1n) is 6.59. The van der Waals surface area contributed by atoms with Crippen LogP contribution in [-0.4, -0.2) is 0 Å². The summed E-state index contributed by atoms with van der Waals surface area (Å²) in [5, 5.41) is 0. The highest BCUT2D eigenvalue weighted by molar-refractivity contribution is 5.16. The summed E-state index contributed by atoms with van der Waals surface area (Å²) in [4.78, 5) is 0. The Morgan fingerprint density at radius 2 is 1.53 bits per heavy atom. The average Bonchev–Trinajstić information content (AvgIpc) is 2.31. The van der Waals surface area contributed by atoms with Gasteiger partial charge in [-0.1, -0.05) is 64.3 Å². The summed E-state index contributed by atoms with van der Waals surface area (Å²) < 4.78 is 0. The molecule has 0 fully saturated rings. The van der Waals surface area contributed by atoms with Crippen LogP contribution in [0.2, 0.25) is 0 Å². The van der Waals surface area contributed by atoms with Crippen molar-refractivity contribution in [1.82, 2.24) is 0 Å². The molecule has 0 spiro atoms. The lowest BCUT2D eigenvalue weighted by atomic mass is 10.1. The van der Waals surface area contributed by atoms with Gasteiger partial charge >= 0.3 is 0 Å². The second-order valence-electron chi connectivity index (χ2n) is 3.65. The molecular weight excluding hydrogens is 180 g/mol. The maximum Gasteiger partial charge on any atom is -0.0317 e. The van der Waals surface area contributed by atoms with Gasteiger partial charge in [-0.2, -0.15) is 0 Å². The molecule has 90 valence electrons. The minimum absolute atomic E-state index is 1.17. The van der Waals surface area contributed by atoms with Crippen molar-refractivity contribution in [2.75, 3.05) is 0 Å². The fourth-order valence-electron chi connectivity index (χ4n) is 1.16. The smallest absolute Gasteiger partial charge is 0.0317 e. The molecule has 0 aromatic heterocycles. The molecule has 0 saturated carbocycles. The van der Waals surface area contributed by atoms with Crippen LogP contribution in [0.3, 0.4) is 0 Å². The van der Waals surface area contributed by atoms with E-state index in [9.17, 15) is 0 Å². The van der Waals surface area contributed by atoms with Crippen LogP contribution in [-0.2, 0) is 0 Å². The van der Waals surface area contributed by atoms with Crippen molar-refractivity contribution in [3.8, 4) is 0 Å². The van der Waals surface area contributed by atoms with E-state index in [1.54, 1.807) is 5.57 Å². The molecule has 0 aliphatic rings. The molecule has 0 aromatic carbocycles. The molecular formula is C15H30. The van der Waals surface area contributed by atoms with E-state index in [0.717, 1.165) is 0 Å². The summed E-state index contributed by atoms with van der Waals surface area (Å²) in [6.07, 6.45) is 10.9. The van der Waals surface area contributed by atoms with Crippen molar-refractivity contribution < 1.29 is 0 Å². The molecule has 0 nitrogen and oxygen atoms in total. The predicted octanol–water partition coefficient (Wildman–Crippen LogP) is 5.90. The molecule has 0 rings (SSSR count). The molecule has 0 aliphatic carbocycles. The van der Waals surface area contributed by atoms with Gasteiger partial charge in [0, 0.05) is 0 Å². The molecule has 0 aromatic rings. The second-order valence-corrected chi connectivity index (χ2v) is 3.65. The molecule has 0 atom stereocenters. The van der Waals surface area contributed by atoms with Gasteiger partial charge in [0.25, 0.3) is 0 Å². The van der Waals surface area contributed by atoms with Crippen molar-refractivity contribution in [2.45, 2.75) is 73.6 Å². The van der Waals surface area contributed by atoms with Gasteiger partial charge in [0.05, 0.1) is 0 Å². The van der Waals surface area contributed by atoms with Crippen LogP contribution < -0.4 is 0 Å². The number of hydrogen-bond donors (Lipinski definition) is 0. The number of allylic oxidation sites excluding steroid dienone is 4. The van der Waals surface area contributed by atoms with Crippen molar-refractivity contribution >= 4 is 0 Å². The van der Waals surface area contributed by atoms with E-state index >= 15 is 0 Å². The lowest BCUT2D eigenvalue weighted by molar-refractivity contribution is 0.766. The van der Waals surface area contributed by atoms with Crippen molar-refractivity contribution in [1.29, 1.82) is 0 Å². The molecule has 0 saturated heterocycles. The van der Waals surface area contributed by atoms with Crippen LogP contribution in [0.25, 0.3) is 0 Å². The van der Waals surface area contributed by atoms with E-state index in [0.29, 0.717) is 0 Å². The molecule has 0 unspecified atom stereocenters. The summed E-state index contributed by atoms with van der Waals surface area (Å²) in [5.41, 5.74) is 3.07. The van der Waals surface area contributed by atoms with E-state index in [-0.39, 0.29) is 0 Å². The van der Waals surface area contributed by atoms with Gasteiger partial charge in [-0.05, 0) is 32.6 Å². The van der Waals surface area contributed by atoms with Gasteiger partial charge in [0.1, 0.15) is 0 Å². The number of unbranched alkanes of at least 4 members (excludes halogenated alkanes) is 1. The Bertz CT molecular complexity index is 172. The third-order valence-electron chi connectivity index (χ3n) is 2.47. The van der Waals surface area contributed by atoms with E-state index in [4.69, 9.17) is 0 Å². The Kier molecular flexibility index (Phi) is 15.2. The second kappa shape index (κ2) is 13.5. The fourth-order valence-corrected chi connectivity index (χ4v) is 1.16. The average molecular weight is 210 g/mol. The molecule has 15 heavy (non-hydrogen) atoms. The molecule has 0 heterocycles. The molecule has 0 aliphatic heterocycles. The highest BCUT2D eigenvalue weighted by Gasteiger charge is 1.91. The Balaban J connectivity index is 0. The zero-order valence-electron chi connectivity index (χ0n) is 11.7. The molecule has 0 amide bonds. The van der Waals surface area contributed by atoms with E-state index in [2.05, 4.69) is 39.8 Å². The molecule has 0 bridgehead atoms. The van der Waals surface area contributed by atoms with Crippen molar-refractivity contribution in [3.63, 3.8) is 0 Å². The van der Waals surface area contributed by atoms with E-state index in [1.807, 2.05) is 13.8 Å². The summed E-state index contributed by atoms with van der Waals surface area (Å²) in [5.74, 6) is 0. The first kappa shape index (κ1) is 16.9. The first-order chi connectivity index (χ1) is 7.24. The lowest BCUT2D eigenvalue weighted by Crippen LogP contribution is -1.81. The van der Waals surface area contributed by atoms with Crippen molar-refractivity contribution in [2.24, 2.45) is 0 Å². The minimum atomic E-state index is 1.17. The maximum atomic E-state index is 2.31. The normalized spacial score (nSPS) is 12.1. The summed E-state index contributed by atoms with van der Waals surface area (Å²) in [7, 11) is 0. The highest BCUT2D eigenvalue weighted by Crippen LogP contribution is 2.12. The monoisotopic (exact) mass is 210 g/mol. The van der Waals surface area contributed by atoms with Gasteiger partial charge in [-0.3, -0.25) is 0 Å². The van der Waals surface area contributed by atoms with E-state index < -0.39 is 0 Å². The van der Waals surface area contributed by atoms with Crippen LogP contribution >= 0.6 is 0 Å². The molecule has 0 N–H and O–H groups in total. The fraction of sp³-hybridized carbons (Fsp3) is 0.733. The maximum absolute atomic E-state index is 2.31. The van der Waals surface area contributed by atoms with Gasteiger partial charge in [-0.25, -0.2) is 0 Å². The topological polar surface area (TPSA) is 0 Å². The van der Waals surface area contributed by atoms with Gasteiger partial charge in [0.15, 0.2) is 0 Å². The Labute approximate surface area is 97.5 Å². The summed E-state index contributed by atoms with van der Waals surface area (Å²) >= 11 is 0. The lowest BCUT2D eigenvalue weighted by Gasteiger charge is -2.01. The molecule has 0 heteroatoms. The van der Waals surface area contributed by atoms with Crippen LogP contribution in [0.15, 0.2) is 23.3 Å². The zero-order valence-corrected chi connectivity index (χ0v) is 11.7. The zero-order chi connectivity index (χ0) is 12.1. The van der Waals surface area contributed by atoms with Gasteiger partial charge in [0.2, 0.25) is 0 Å². The Morgan fingerprint density at radius 3 is 1.93 bits per heavy atom. The first-order valence-corrected chi connectivity index (χ1v) is 6.59. The minimum Gasteiger partial charge on any atom is -0.0736 e. The summed E-state index contributed by atoms with van der Waals surface area (Å²) in [6, 6.07) is 0. The van der Waals surface area contributed by atoms with Gasteiger partial charge in [-0.15, -0.1) is 0 Å². The quantitative estimate of drug-likeness (QED) is 0.479. The molecule has 0 radical (unpaired) electrons. The predicted molar refractivity (Wildman–Crippen MR) is 73.3 cm³/mol. The van der Waals surface area contributed by atoms with Crippen LogP contribution in [0.5, 0.6) is 0 Å². The SMILES string of the molecule is CC.CCCC/C(=C/C=C(/C)CC)CC. The highest BCUT2D eigenvalue weighted by atomic mass is 14.0. The van der Waals surface area contributed by atoms with Crippen LogP contribution in [0.4, 0.5) is 0 Å². The van der Waals surface area contributed by atoms with Gasteiger partial charge < -0.3 is 0 Å². The summed E-state index contributed by atoms with van der Waals surface area (Å²) in [6.45, 7) is 12.9. The van der Waals surface area contributed by atoms with Crippen molar-refractivity contribution in [3.05, 3.63) is 23.3 Å². The Morgan fingerprint density at radius 1 is 0.933 bits per heavy atom. The largest absolute Gasteiger partial charge is 0.0736 e. The Hall–Kier alpha value is -0.520.